The molecule has 1 aromatic carbocycles. The average molecular weight is 372 g/mol. The highest BCUT2D eigenvalue weighted by molar-refractivity contribution is 7.80. The minimum absolute atomic E-state index is 0.0177. The van der Waals surface area contributed by atoms with Gasteiger partial charge in [0, 0.05) is 25.4 Å². The molecule has 1 atom stereocenters. The zero-order chi connectivity index (χ0) is 18.0. The van der Waals surface area contributed by atoms with E-state index in [0.717, 1.165) is 51.4 Å². The van der Waals surface area contributed by atoms with Crippen LogP contribution in [0.4, 0.5) is 0 Å². The molecule has 1 aromatic heterocycles. The van der Waals surface area contributed by atoms with Crippen LogP contribution in [0.25, 0.3) is 0 Å². The summed E-state index contributed by atoms with van der Waals surface area (Å²) in [5, 5.41) is 7.49. The smallest absolute Gasteiger partial charge is 0.167 e. The van der Waals surface area contributed by atoms with Crippen LogP contribution in [0.15, 0.2) is 54.9 Å². The van der Waals surface area contributed by atoms with Gasteiger partial charge in [0.25, 0.3) is 0 Å². The maximum atomic E-state index is 5.54. The molecule has 0 radical (unpaired) electrons. The normalized spacial score (nSPS) is 16.0. The van der Waals surface area contributed by atoms with Crippen LogP contribution in [0.1, 0.15) is 23.6 Å². The second kappa shape index (κ2) is 10.2. The van der Waals surface area contributed by atoms with Gasteiger partial charge in [0.2, 0.25) is 0 Å². The Bertz CT molecular complexity index is 623. The molecule has 1 aliphatic heterocycles. The Morgan fingerprint density at radius 1 is 1.08 bits per heavy atom. The van der Waals surface area contributed by atoms with Crippen LogP contribution in [0.5, 0.6) is 0 Å². The predicted molar refractivity (Wildman–Crippen MR) is 107 cm³/mol. The first-order chi connectivity index (χ1) is 12.8. The van der Waals surface area contributed by atoms with Crippen molar-refractivity contribution in [2.75, 3.05) is 39.4 Å². The minimum atomic E-state index is 0.0177. The second-order valence-electron chi connectivity index (χ2n) is 6.49. The lowest BCUT2D eigenvalue weighted by Crippen LogP contribution is -3.14. The summed E-state index contributed by atoms with van der Waals surface area (Å²) in [6, 6.07) is 14.4. The molecule has 2 aromatic rings. The zero-order valence-corrected chi connectivity index (χ0v) is 15.8. The van der Waals surface area contributed by atoms with Gasteiger partial charge in [-0.3, -0.25) is 4.98 Å². The number of benzene rings is 1. The SMILES string of the molecule is S=C(NCCC[NH+]1CCOCC1)N[C@@H](c1ccccc1)c1ccncc1. The summed E-state index contributed by atoms with van der Waals surface area (Å²) in [5.74, 6) is 0. The third kappa shape index (κ3) is 5.76. The molecule has 0 saturated carbocycles. The van der Waals surface area contributed by atoms with Gasteiger partial charge in [-0.15, -0.1) is 0 Å². The van der Waals surface area contributed by atoms with Crippen molar-refractivity contribution in [3.05, 3.63) is 66.0 Å². The van der Waals surface area contributed by atoms with E-state index >= 15 is 0 Å². The molecule has 0 spiro atoms. The molecule has 6 heteroatoms. The predicted octanol–water partition coefficient (Wildman–Crippen LogP) is 0.940. The number of thiocarbonyl (C=S) groups is 1. The largest absolute Gasteiger partial charge is 0.370 e. The molecular formula is C20H27N4OS+. The second-order valence-corrected chi connectivity index (χ2v) is 6.90. The van der Waals surface area contributed by atoms with Gasteiger partial charge in [0.1, 0.15) is 13.1 Å². The van der Waals surface area contributed by atoms with Crippen molar-refractivity contribution in [1.82, 2.24) is 15.6 Å². The van der Waals surface area contributed by atoms with Gasteiger partial charge in [-0.25, -0.2) is 0 Å². The summed E-state index contributed by atoms with van der Waals surface area (Å²) in [5.41, 5.74) is 2.33. The summed E-state index contributed by atoms with van der Waals surface area (Å²) in [6.45, 7) is 6.03. The molecule has 0 aliphatic carbocycles. The number of quaternary nitrogens is 1. The highest BCUT2D eigenvalue weighted by Gasteiger charge is 2.15. The van der Waals surface area contributed by atoms with Gasteiger partial charge in [-0.1, -0.05) is 30.3 Å². The van der Waals surface area contributed by atoms with Gasteiger partial charge < -0.3 is 20.3 Å². The third-order valence-electron chi connectivity index (χ3n) is 4.64. The van der Waals surface area contributed by atoms with E-state index in [-0.39, 0.29) is 6.04 Å². The Morgan fingerprint density at radius 2 is 1.77 bits per heavy atom. The van der Waals surface area contributed by atoms with Crippen LogP contribution < -0.4 is 15.5 Å². The number of hydrogen-bond acceptors (Lipinski definition) is 3. The molecule has 1 saturated heterocycles. The highest BCUT2D eigenvalue weighted by atomic mass is 32.1. The first-order valence-electron chi connectivity index (χ1n) is 9.23. The molecule has 0 amide bonds. The van der Waals surface area contributed by atoms with E-state index in [9.17, 15) is 0 Å². The van der Waals surface area contributed by atoms with E-state index in [4.69, 9.17) is 17.0 Å². The van der Waals surface area contributed by atoms with Gasteiger partial charge in [-0.2, -0.15) is 0 Å². The monoisotopic (exact) mass is 371 g/mol. The topological polar surface area (TPSA) is 50.6 Å². The van der Waals surface area contributed by atoms with Crippen LogP contribution in [0, 0.1) is 0 Å². The van der Waals surface area contributed by atoms with E-state index in [1.807, 2.05) is 42.7 Å². The van der Waals surface area contributed by atoms with Gasteiger partial charge in [-0.05, 0) is 35.5 Å². The molecule has 26 heavy (non-hydrogen) atoms. The lowest BCUT2D eigenvalue weighted by molar-refractivity contribution is -0.908. The number of nitrogens with zero attached hydrogens (tertiary/aromatic N) is 1. The maximum absolute atomic E-state index is 5.54. The number of rotatable bonds is 7. The fraction of sp³-hybridized carbons (Fsp3) is 0.400. The number of hydrogen-bond donors (Lipinski definition) is 3. The van der Waals surface area contributed by atoms with E-state index in [2.05, 4.69) is 27.8 Å². The Labute approximate surface area is 160 Å². The molecule has 2 heterocycles. The van der Waals surface area contributed by atoms with Crippen molar-refractivity contribution < 1.29 is 9.64 Å². The number of ether oxygens (including phenoxy) is 1. The zero-order valence-electron chi connectivity index (χ0n) is 15.0. The molecule has 0 bridgehead atoms. The lowest BCUT2D eigenvalue weighted by atomic mass is 10.00. The van der Waals surface area contributed by atoms with E-state index < -0.39 is 0 Å². The minimum Gasteiger partial charge on any atom is -0.370 e. The average Bonchev–Trinajstić information content (AvgIpc) is 2.71. The number of nitrogens with one attached hydrogen (secondary N) is 3. The van der Waals surface area contributed by atoms with Crippen LogP contribution in [0.2, 0.25) is 0 Å². The summed E-state index contributed by atoms with van der Waals surface area (Å²) < 4.78 is 5.40. The first-order valence-corrected chi connectivity index (χ1v) is 9.64. The molecule has 0 unspecified atom stereocenters. The van der Waals surface area contributed by atoms with Gasteiger partial charge in [0.05, 0.1) is 25.8 Å². The van der Waals surface area contributed by atoms with Crippen LogP contribution in [-0.2, 0) is 4.74 Å². The summed E-state index contributed by atoms with van der Waals surface area (Å²) >= 11 is 5.54. The molecular weight excluding hydrogens is 344 g/mol. The third-order valence-corrected chi connectivity index (χ3v) is 4.90. The Balaban J connectivity index is 1.51. The lowest BCUT2D eigenvalue weighted by Gasteiger charge is -2.24. The van der Waals surface area contributed by atoms with Crippen molar-refractivity contribution in [2.45, 2.75) is 12.5 Å². The molecule has 3 rings (SSSR count). The fourth-order valence-corrected chi connectivity index (χ4v) is 3.41. The summed E-state index contributed by atoms with van der Waals surface area (Å²) in [6.07, 6.45) is 4.73. The van der Waals surface area contributed by atoms with Crippen LogP contribution in [0.3, 0.4) is 0 Å². The number of morpholine rings is 1. The quantitative estimate of drug-likeness (QED) is 0.500. The molecule has 138 valence electrons. The highest BCUT2D eigenvalue weighted by Crippen LogP contribution is 2.21. The van der Waals surface area contributed by atoms with E-state index in [1.54, 1.807) is 4.90 Å². The summed E-state index contributed by atoms with van der Waals surface area (Å²) in [7, 11) is 0. The molecule has 3 N–H and O–H groups in total. The Kier molecular flexibility index (Phi) is 7.37. The molecule has 1 aliphatic rings. The van der Waals surface area contributed by atoms with E-state index in [1.165, 1.54) is 5.56 Å². The van der Waals surface area contributed by atoms with Crippen LogP contribution >= 0.6 is 12.2 Å². The van der Waals surface area contributed by atoms with Gasteiger partial charge >= 0.3 is 0 Å². The standard InChI is InChI=1S/C20H26N4OS/c26-20(22-9-4-12-24-13-15-25-16-14-24)23-19(17-5-2-1-3-6-17)18-7-10-21-11-8-18/h1-3,5-8,10-11,19H,4,9,12-16H2,(H2,22,23,26)/p+1/t19-/m0/s1. The fourth-order valence-electron chi connectivity index (χ4n) is 3.19. The van der Waals surface area contributed by atoms with Crippen molar-refractivity contribution in [2.24, 2.45) is 0 Å². The van der Waals surface area contributed by atoms with Gasteiger partial charge in [0.15, 0.2) is 5.11 Å². The molecule has 5 nitrogen and oxygen atoms in total. The van der Waals surface area contributed by atoms with Crippen molar-refractivity contribution >= 4 is 17.3 Å². The van der Waals surface area contributed by atoms with Crippen molar-refractivity contribution in [1.29, 1.82) is 0 Å². The van der Waals surface area contributed by atoms with Crippen LogP contribution in [-0.4, -0.2) is 49.5 Å². The summed E-state index contributed by atoms with van der Waals surface area (Å²) in [4.78, 5) is 5.74. The van der Waals surface area contributed by atoms with Crippen molar-refractivity contribution in [3.63, 3.8) is 0 Å². The first kappa shape index (κ1) is 18.8. The number of aromatic nitrogens is 1. The maximum Gasteiger partial charge on any atom is 0.167 e. The molecule has 1 fully saturated rings. The Hall–Kier alpha value is -2.02. The number of pyridine rings is 1. The van der Waals surface area contributed by atoms with Crippen molar-refractivity contribution in [3.8, 4) is 0 Å². The van der Waals surface area contributed by atoms with E-state index in [0.29, 0.717) is 5.11 Å². The Morgan fingerprint density at radius 3 is 2.50 bits per heavy atom.